The second kappa shape index (κ2) is 5.75. The normalized spacial score (nSPS) is 10.4. The fraction of sp³-hybridized carbons (Fsp3) is 0.143. The minimum absolute atomic E-state index is 0.0325. The Balaban J connectivity index is 2.40. The zero-order chi connectivity index (χ0) is 14.7. The van der Waals surface area contributed by atoms with Gasteiger partial charge in [0, 0.05) is 17.8 Å². The van der Waals surface area contributed by atoms with E-state index in [1.165, 1.54) is 19.2 Å². The van der Waals surface area contributed by atoms with Crippen LogP contribution in [-0.4, -0.2) is 12.2 Å². The first kappa shape index (κ1) is 14.1. The fourth-order valence-corrected chi connectivity index (χ4v) is 1.68. The number of halogens is 2. The molecule has 0 aromatic heterocycles. The highest BCUT2D eigenvalue weighted by Gasteiger charge is 2.15. The van der Waals surface area contributed by atoms with E-state index in [2.05, 4.69) is 0 Å². The molecule has 2 aromatic rings. The van der Waals surface area contributed by atoms with Gasteiger partial charge in [0.05, 0.1) is 13.7 Å². The van der Waals surface area contributed by atoms with Gasteiger partial charge in [-0.3, -0.25) is 0 Å². The van der Waals surface area contributed by atoms with Crippen LogP contribution < -0.4 is 15.2 Å². The molecule has 20 heavy (non-hydrogen) atoms. The van der Waals surface area contributed by atoms with Crippen molar-refractivity contribution in [1.29, 1.82) is 0 Å². The zero-order valence-corrected chi connectivity index (χ0v) is 10.7. The summed E-state index contributed by atoms with van der Waals surface area (Å²) >= 11 is 0. The van der Waals surface area contributed by atoms with Gasteiger partial charge >= 0.3 is 0 Å². The van der Waals surface area contributed by atoms with E-state index < -0.39 is 17.4 Å². The zero-order valence-electron chi connectivity index (χ0n) is 10.7. The van der Waals surface area contributed by atoms with Crippen molar-refractivity contribution in [2.45, 2.75) is 6.61 Å². The molecule has 0 aliphatic carbocycles. The smallest absolute Gasteiger partial charge is 0.198 e. The molecule has 0 saturated heterocycles. The largest absolute Gasteiger partial charge is 0.493 e. The maximum Gasteiger partial charge on any atom is 0.198 e. The Labute approximate surface area is 114 Å². The molecule has 0 radical (unpaired) electrons. The average molecular weight is 281 g/mol. The number of methoxy groups -OCH3 is 1. The maximum absolute atomic E-state index is 13.7. The molecular weight excluding hydrogens is 268 g/mol. The van der Waals surface area contributed by atoms with Crippen molar-refractivity contribution in [3.05, 3.63) is 47.5 Å². The molecular formula is C14H13F2NO3. The standard InChI is InChI=1S/C14H13F2NO3/c1-19-13-4-8(7-18)2-3-12(13)20-14-10(15)5-9(17)6-11(14)16/h2-6,18H,7,17H2,1H3. The summed E-state index contributed by atoms with van der Waals surface area (Å²) in [4.78, 5) is 0. The molecule has 3 N–H and O–H groups in total. The first-order valence-corrected chi connectivity index (χ1v) is 5.75. The summed E-state index contributed by atoms with van der Waals surface area (Å²) in [6, 6.07) is 6.47. The van der Waals surface area contributed by atoms with Crippen LogP contribution in [0.2, 0.25) is 0 Å². The third-order valence-electron chi connectivity index (χ3n) is 2.64. The first-order chi connectivity index (χ1) is 9.55. The van der Waals surface area contributed by atoms with E-state index in [0.717, 1.165) is 12.1 Å². The molecule has 0 heterocycles. The summed E-state index contributed by atoms with van der Waals surface area (Å²) in [6.07, 6.45) is 0. The van der Waals surface area contributed by atoms with Crippen LogP contribution >= 0.6 is 0 Å². The Morgan fingerprint density at radius 1 is 1.10 bits per heavy atom. The molecule has 2 rings (SSSR count). The molecule has 0 spiro atoms. The Hall–Kier alpha value is -2.34. The number of aliphatic hydroxyl groups is 1. The van der Waals surface area contributed by atoms with E-state index in [-0.39, 0.29) is 23.8 Å². The minimum Gasteiger partial charge on any atom is -0.493 e. The topological polar surface area (TPSA) is 64.7 Å². The maximum atomic E-state index is 13.7. The van der Waals surface area contributed by atoms with Crippen LogP contribution in [0.5, 0.6) is 17.2 Å². The van der Waals surface area contributed by atoms with Crippen LogP contribution in [0.25, 0.3) is 0 Å². The number of hydrogen-bond donors (Lipinski definition) is 2. The Morgan fingerprint density at radius 2 is 1.75 bits per heavy atom. The molecule has 2 aromatic carbocycles. The van der Waals surface area contributed by atoms with E-state index in [4.69, 9.17) is 20.3 Å². The van der Waals surface area contributed by atoms with Gasteiger partial charge in [0.15, 0.2) is 28.9 Å². The molecule has 4 nitrogen and oxygen atoms in total. The van der Waals surface area contributed by atoms with Crippen LogP contribution in [0.4, 0.5) is 14.5 Å². The van der Waals surface area contributed by atoms with Crippen molar-refractivity contribution in [2.75, 3.05) is 12.8 Å². The van der Waals surface area contributed by atoms with Crippen LogP contribution in [-0.2, 0) is 6.61 Å². The second-order valence-electron chi connectivity index (χ2n) is 4.06. The molecule has 0 aliphatic rings. The van der Waals surface area contributed by atoms with E-state index >= 15 is 0 Å². The number of ether oxygens (including phenoxy) is 2. The molecule has 6 heteroatoms. The van der Waals surface area contributed by atoms with Gasteiger partial charge in [-0.05, 0) is 17.7 Å². The van der Waals surface area contributed by atoms with Crippen LogP contribution in [0.15, 0.2) is 30.3 Å². The van der Waals surface area contributed by atoms with Gasteiger partial charge in [-0.1, -0.05) is 6.07 Å². The number of anilines is 1. The second-order valence-corrected chi connectivity index (χ2v) is 4.06. The molecule has 0 bridgehead atoms. The van der Waals surface area contributed by atoms with E-state index in [1.807, 2.05) is 0 Å². The van der Waals surface area contributed by atoms with Gasteiger partial charge in [-0.25, -0.2) is 8.78 Å². The van der Waals surface area contributed by atoms with E-state index in [9.17, 15) is 8.78 Å². The summed E-state index contributed by atoms with van der Waals surface area (Å²) in [6.45, 7) is -0.179. The van der Waals surface area contributed by atoms with Crippen LogP contribution in [0.1, 0.15) is 5.56 Å². The van der Waals surface area contributed by atoms with Crippen molar-refractivity contribution in [1.82, 2.24) is 0 Å². The summed E-state index contributed by atoms with van der Waals surface area (Å²) in [5.41, 5.74) is 5.89. The fourth-order valence-electron chi connectivity index (χ4n) is 1.68. The predicted molar refractivity (Wildman–Crippen MR) is 69.8 cm³/mol. The van der Waals surface area contributed by atoms with E-state index in [1.54, 1.807) is 6.07 Å². The quantitative estimate of drug-likeness (QED) is 0.846. The average Bonchev–Trinajstić information content (AvgIpc) is 2.42. The predicted octanol–water partition coefficient (Wildman–Crippen LogP) is 2.84. The van der Waals surface area contributed by atoms with Gasteiger partial charge in [-0.15, -0.1) is 0 Å². The van der Waals surface area contributed by atoms with Gasteiger partial charge in [0.25, 0.3) is 0 Å². The SMILES string of the molecule is COc1cc(CO)ccc1Oc1c(F)cc(N)cc1F. The summed E-state index contributed by atoms with van der Waals surface area (Å²) in [7, 11) is 1.39. The highest BCUT2D eigenvalue weighted by atomic mass is 19.1. The Bertz CT molecular complexity index is 609. The van der Waals surface area contributed by atoms with Gasteiger partial charge < -0.3 is 20.3 Å². The highest BCUT2D eigenvalue weighted by molar-refractivity contribution is 5.49. The van der Waals surface area contributed by atoms with E-state index in [0.29, 0.717) is 5.56 Å². The molecule has 0 fully saturated rings. The van der Waals surface area contributed by atoms with Crippen LogP contribution in [0.3, 0.4) is 0 Å². The number of hydrogen-bond acceptors (Lipinski definition) is 4. The number of rotatable bonds is 4. The van der Waals surface area contributed by atoms with Crippen LogP contribution in [0, 0.1) is 11.6 Å². The van der Waals surface area contributed by atoms with Crippen molar-refractivity contribution in [3.8, 4) is 17.2 Å². The van der Waals surface area contributed by atoms with Gasteiger partial charge in [0.1, 0.15) is 0 Å². The van der Waals surface area contributed by atoms with Crippen molar-refractivity contribution in [3.63, 3.8) is 0 Å². The molecule has 0 amide bonds. The number of nitrogen functional groups attached to an aromatic ring is 1. The van der Waals surface area contributed by atoms with Crippen molar-refractivity contribution >= 4 is 5.69 Å². The molecule has 0 aliphatic heterocycles. The third kappa shape index (κ3) is 2.80. The molecule has 0 atom stereocenters. The molecule has 0 saturated carbocycles. The Kier molecular flexibility index (Phi) is 4.05. The summed E-state index contributed by atoms with van der Waals surface area (Å²) in [5, 5.41) is 9.03. The molecule has 106 valence electrons. The van der Waals surface area contributed by atoms with Gasteiger partial charge in [-0.2, -0.15) is 0 Å². The monoisotopic (exact) mass is 281 g/mol. The number of nitrogens with two attached hydrogens (primary N) is 1. The van der Waals surface area contributed by atoms with Crippen molar-refractivity contribution < 1.29 is 23.4 Å². The van der Waals surface area contributed by atoms with Crippen molar-refractivity contribution in [2.24, 2.45) is 0 Å². The van der Waals surface area contributed by atoms with Gasteiger partial charge in [0.2, 0.25) is 0 Å². The third-order valence-corrected chi connectivity index (χ3v) is 2.64. The highest BCUT2D eigenvalue weighted by Crippen LogP contribution is 2.35. The first-order valence-electron chi connectivity index (χ1n) is 5.75. The lowest BCUT2D eigenvalue weighted by atomic mass is 10.2. The Morgan fingerprint density at radius 3 is 2.30 bits per heavy atom. The lowest BCUT2D eigenvalue weighted by Gasteiger charge is -2.12. The molecule has 0 unspecified atom stereocenters. The number of benzene rings is 2. The number of aliphatic hydroxyl groups excluding tert-OH is 1. The lowest BCUT2D eigenvalue weighted by Crippen LogP contribution is -1.98. The lowest BCUT2D eigenvalue weighted by molar-refractivity contribution is 0.280. The summed E-state index contributed by atoms with van der Waals surface area (Å²) in [5.74, 6) is -1.99. The minimum atomic E-state index is -0.907. The summed E-state index contributed by atoms with van der Waals surface area (Å²) < 4.78 is 37.6.